The molecule has 0 aromatic heterocycles. The van der Waals surface area contributed by atoms with Gasteiger partial charge in [0.2, 0.25) is 0 Å². The summed E-state index contributed by atoms with van der Waals surface area (Å²) in [4.78, 5) is 23.5. The van der Waals surface area contributed by atoms with Gasteiger partial charge in [-0.3, -0.25) is 9.59 Å². The molecule has 0 aliphatic heterocycles. The summed E-state index contributed by atoms with van der Waals surface area (Å²) in [7, 11) is 0. The van der Waals surface area contributed by atoms with Gasteiger partial charge in [-0.1, -0.05) is 66.2 Å². The van der Waals surface area contributed by atoms with E-state index in [1.807, 2.05) is 0 Å². The summed E-state index contributed by atoms with van der Waals surface area (Å²) in [5, 5.41) is -1.13. The highest BCUT2D eigenvalue weighted by Gasteiger charge is 2.25. The minimum absolute atomic E-state index is 0.344. The molecular formula is C19H36O4S. The monoisotopic (exact) mass is 360 g/mol. The second kappa shape index (κ2) is 14.6. The smallest absolute Gasteiger partial charge is 0.330 e. The molecule has 5 heteroatoms. The van der Waals surface area contributed by atoms with Gasteiger partial charge in [0.15, 0.2) is 5.25 Å². The van der Waals surface area contributed by atoms with Crippen molar-refractivity contribution in [2.24, 2.45) is 11.8 Å². The number of hydrogen-bond donors (Lipinski definition) is 1. The normalized spacial score (nSPS) is 11.3. The van der Waals surface area contributed by atoms with Gasteiger partial charge in [0.25, 0.3) is 0 Å². The van der Waals surface area contributed by atoms with Gasteiger partial charge in [0, 0.05) is 0 Å². The van der Waals surface area contributed by atoms with E-state index in [0.29, 0.717) is 25.0 Å². The molecule has 0 heterocycles. The van der Waals surface area contributed by atoms with E-state index >= 15 is 0 Å². The summed E-state index contributed by atoms with van der Waals surface area (Å²) in [6.45, 7) is 9.47. The average molecular weight is 361 g/mol. The summed E-state index contributed by atoms with van der Waals surface area (Å²) < 4.78 is 10.2. The van der Waals surface area contributed by atoms with E-state index in [1.165, 1.54) is 12.8 Å². The van der Waals surface area contributed by atoms with Crippen LogP contribution in [-0.4, -0.2) is 30.4 Å². The molecular weight excluding hydrogens is 324 g/mol. The van der Waals surface area contributed by atoms with Gasteiger partial charge < -0.3 is 9.47 Å². The fraction of sp³-hybridized carbons (Fsp3) is 0.895. The zero-order chi connectivity index (χ0) is 18.4. The fourth-order valence-corrected chi connectivity index (χ4v) is 2.41. The lowest BCUT2D eigenvalue weighted by Gasteiger charge is -2.11. The van der Waals surface area contributed by atoms with Crippen molar-refractivity contribution in [3.63, 3.8) is 0 Å². The van der Waals surface area contributed by atoms with Gasteiger partial charge in [0.1, 0.15) is 0 Å². The van der Waals surface area contributed by atoms with E-state index in [4.69, 9.17) is 9.47 Å². The zero-order valence-corrected chi connectivity index (χ0v) is 16.8. The SMILES string of the molecule is CC(C)CCCCCOC(=O)C(S)C(=O)OCCCCCC(C)C. The Labute approximate surface area is 153 Å². The summed E-state index contributed by atoms with van der Waals surface area (Å²) in [5.74, 6) is 0.197. The van der Waals surface area contributed by atoms with Gasteiger partial charge in [-0.25, -0.2) is 0 Å². The lowest BCUT2D eigenvalue weighted by molar-refractivity contribution is -0.153. The Hall–Kier alpha value is -0.710. The summed E-state index contributed by atoms with van der Waals surface area (Å²) in [6, 6.07) is 0. The number of carbonyl (C=O) groups is 2. The lowest BCUT2D eigenvalue weighted by Crippen LogP contribution is -2.29. The van der Waals surface area contributed by atoms with Gasteiger partial charge >= 0.3 is 11.9 Å². The molecule has 142 valence electrons. The van der Waals surface area contributed by atoms with Crippen LogP contribution in [0, 0.1) is 11.8 Å². The van der Waals surface area contributed by atoms with E-state index in [1.54, 1.807) is 0 Å². The number of hydrogen-bond acceptors (Lipinski definition) is 5. The first-order valence-corrected chi connectivity index (χ1v) is 9.87. The van der Waals surface area contributed by atoms with E-state index in [2.05, 4.69) is 40.3 Å². The molecule has 0 amide bonds. The van der Waals surface area contributed by atoms with Crippen LogP contribution in [0.5, 0.6) is 0 Å². The number of thiol groups is 1. The first-order chi connectivity index (χ1) is 11.3. The van der Waals surface area contributed by atoms with Crippen LogP contribution >= 0.6 is 12.6 Å². The highest BCUT2D eigenvalue weighted by molar-refractivity contribution is 7.82. The molecule has 0 spiro atoms. The van der Waals surface area contributed by atoms with Crippen LogP contribution in [-0.2, 0) is 19.1 Å². The largest absolute Gasteiger partial charge is 0.464 e. The van der Waals surface area contributed by atoms with Crippen LogP contribution in [0.25, 0.3) is 0 Å². The molecule has 0 fully saturated rings. The van der Waals surface area contributed by atoms with Crippen molar-refractivity contribution in [1.82, 2.24) is 0 Å². The van der Waals surface area contributed by atoms with Crippen molar-refractivity contribution in [3.8, 4) is 0 Å². The molecule has 0 unspecified atom stereocenters. The molecule has 0 aliphatic carbocycles. The van der Waals surface area contributed by atoms with Crippen LogP contribution < -0.4 is 0 Å². The molecule has 0 aromatic carbocycles. The molecule has 0 saturated carbocycles. The Bertz CT molecular complexity index is 310. The minimum Gasteiger partial charge on any atom is -0.464 e. The van der Waals surface area contributed by atoms with Crippen molar-refractivity contribution in [2.45, 2.75) is 84.3 Å². The van der Waals surface area contributed by atoms with Gasteiger partial charge in [-0.05, 0) is 24.7 Å². The van der Waals surface area contributed by atoms with Crippen LogP contribution in [0.15, 0.2) is 0 Å². The standard InChI is InChI=1S/C19H36O4S/c1-15(2)11-7-5-9-13-22-18(20)17(24)19(21)23-14-10-6-8-12-16(3)4/h15-17,24H,5-14H2,1-4H3. The molecule has 0 N–H and O–H groups in total. The third-order valence-corrected chi connectivity index (χ3v) is 4.21. The topological polar surface area (TPSA) is 52.6 Å². The highest BCUT2D eigenvalue weighted by atomic mass is 32.1. The van der Waals surface area contributed by atoms with E-state index < -0.39 is 17.2 Å². The summed E-state index contributed by atoms with van der Waals surface area (Å²) in [6.07, 6.45) is 8.36. The Balaban J connectivity index is 3.66. The predicted octanol–water partition coefficient (Wildman–Crippen LogP) is 4.80. The Morgan fingerprint density at radius 3 is 1.42 bits per heavy atom. The Morgan fingerprint density at radius 2 is 1.08 bits per heavy atom. The van der Waals surface area contributed by atoms with Crippen molar-refractivity contribution in [1.29, 1.82) is 0 Å². The van der Waals surface area contributed by atoms with Gasteiger partial charge in [0.05, 0.1) is 13.2 Å². The molecule has 4 nitrogen and oxygen atoms in total. The maximum atomic E-state index is 11.7. The molecule has 0 saturated heterocycles. The minimum atomic E-state index is -1.13. The van der Waals surface area contributed by atoms with Crippen molar-refractivity contribution < 1.29 is 19.1 Å². The van der Waals surface area contributed by atoms with Gasteiger partial charge in [-0.2, -0.15) is 12.6 Å². The molecule has 0 aromatic rings. The Kier molecular flexibility index (Phi) is 14.2. The number of unbranched alkanes of at least 4 members (excludes halogenated alkanes) is 4. The fourth-order valence-electron chi connectivity index (χ4n) is 2.26. The molecule has 0 aliphatic rings. The third kappa shape index (κ3) is 13.7. The van der Waals surface area contributed by atoms with E-state index in [9.17, 15) is 9.59 Å². The van der Waals surface area contributed by atoms with Crippen LogP contribution in [0.4, 0.5) is 0 Å². The quantitative estimate of drug-likeness (QED) is 0.209. The molecule has 0 atom stereocenters. The van der Waals surface area contributed by atoms with Crippen molar-refractivity contribution in [2.75, 3.05) is 13.2 Å². The first kappa shape index (κ1) is 23.3. The van der Waals surface area contributed by atoms with Crippen LogP contribution in [0.2, 0.25) is 0 Å². The second-order valence-electron chi connectivity index (χ2n) is 7.22. The Morgan fingerprint density at radius 1 is 0.708 bits per heavy atom. The van der Waals surface area contributed by atoms with Crippen molar-refractivity contribution in [3.05, 3.63) is 0 Å². The van der Waals surface area contributed by atoms with Crippen LogP contribution in [0.1, 0.15) is 79.1 Å². The molecule has 0 radical (unpaired) electrons. The average Bonchev–Trinajstić information content (AvgIpc) is 2.52. The predicted molar refractivity (Wildman–Crippen MR) is 101 cm³/mol. The summed E-state index contributed by atoms with van der Waals surface area (Å²) in [5.41, 5.74) is 0. The molecule has 24 heavy (non-hydrogen) atoms. The highest BCUT2D eigenvalue weighted by Crippen LogP contribution is 2.10. The number of carbonyl (C=O) groups excluding carboxylic acids is 2. The number of ether oxygens (including phenoxy) is 2. The number of rotatable bonds is 14. The summed E-state index contributed by atoms with van der Waals surface area (Å²) >= 11 is 4.01. The lowest BCUT2D eigenvalue weighted by atomic mass is 10.1. The first-order valence-electron chi connectivity index (χ1n) is 9.36. The van der Waals surface area contributed by atoms with Gasteiger partial charge in [-0.15, -0.1) is 0 Å². The zero-order valence-electron chi connectivity index (χ0n) is 15.9. The third-order valence-electron chi connectivity index (χ3n) is 3.79. The molecule has 0 rings (SSSR count). The maximum absolute atomic E-state index is 11.7. The van der Waals surface area contributed by atoms with E-state index in [0.717, 1.165) is 38.5 Å². The molecule has 0 bridgehead atoms. The van der Waals surface area contributed by atoms with E-state index in [-0.39, 0.29) is 0 Å². The maximum Gasteiger partial charge on any atom is 0.330 e. The second-order valence-corrected chi connectivity index (χ2v) is 7.74. The van der Waals surface area contributed by atoms with Crippen molar-refractivity contribution >= 4 is 24.6 Å². The van der Waals surface area contributed by atoms with Crippen LogP contribution in [0.3, 0.4) is 0 Å². The number of esters is 2.